The molecule has 1 aliphatic rings. The van der Waals surface area contributed by atoms with E-state index in [9.17, 15) is 4.79 Å². The third-order valence-corrected chi connectivity index (χ3v) is 4.27. The van der Waals surface area contributed by atoms with Crippen LogP contribution < -0.4 is 4.90 Å². The van der Waals surface area contributed by atoms with Crippen molar-refractivity contribution in [3.8, 4) is 0 Å². The van der Waals surface area contributed by atoms with Gasteiger partial charge in [-0.15, -0.1) is 0 Å². The number of amidine groups is 1. The monoisotopic (exact) mass is 305 g/mol. The summed E-state index contributed by atoms with van der Waals surface area (Å²) in [7, 11) is 0. The van der Waals surface area contributed by atoms with E-state index in [0.29, 0.717) is 0 Å². The normalized spacial score (nSPS) is 21.4. The summed E-state index contributed by atoms with van der Waals surface area (Å²) >= 11 is 1.69. The summed E-state index contributed by atoms with van der Waals surface area (Å²) in [5.41, 5.74) is 1.07. The number of hydrogen-bond donors (Lipinski definition) is 0. The second-order valence-corrected chi connectivity index (χ2v) is 6.55. The predicted octanol–water partition coefficient (Wildman–Crippen LogP) is 3.20. The fourth-order valence-electron chi connectivity index (χ4n) is 2.38. The Morgan fingerprint density at radius 2 is 1.90 bits per heavy atom. The first-order valence-corrected chi connectivity index (χ1v) is 8.29. The number of para-hydroxylation sites is 1. The van der Waals surface area contributed by atoms with Crippen molar-refractivity contribution in [3.63, 3.8) is 0 Å². The average molecular weight is 305 g/mol. The van der Waals surface area contributed by atoms with Crippen LogP contribution in [0.15, 0.2) is 35.3 Å². The molecule has 5 heteroatoms. The van der Waals surface area contributed by atoms with E-state index in [2.05, 4.69) is 42.5 Å². The van der Waals surface area contributed by atoms with Gasteiger partial charge in [-0.3, -0.25) is 9.79 Å². The molecule has 1 fully saturated rings. The van der Waals surface area contributed by atoms with Gasteiger partial charge in [-0.1, -0.05) is 30.0 Å². The number of carbonyl (C=O) groups excluding carboxylic acids is 1. The quantitative estimate of drug-likeness (QED) is 0.800. The summed E-state index contributed by atoms with van der Waals surface area (Å²) in [6.07, 6.45) is 0.717. The van der Waals surface area contributed by atoms with Crippen molar-refractivity contribution in [2.75, 3.05) is 10.8 Å². The van der Waals surface area contributed by atoms with Gasteiger partial charge in [0.1, 0.15) is 0 Å². The van der Waals surface area contributed by atoms with Gasteiger partial charge in [-0.25, -0.2) is 0 Å². The Morgan fingerprint density at radius 3 is 2.43 bits per heavy atom. The molecule has 0 aliphatic carbocycles. The molecule has 0 aromatic heterocycles. The number of carbonyl (C=O) groups is 1. The molecule has 1 unspecified atom stereocenters. The van der Waals surface area contributed by atoms with Gasteiger partial charge < -0.3 is 9.80 Å². The molecule has 1 aromatic carbocycles. The number of anilines is 1. The Bertz CT molecular complexity index is 502. The van der Waals surface area contributed by atoms with Crippen LogP contribution in [0.5, 0.6) is 0 Å². The van der Waals surface area contributed by atoms with E-state index < -0.39 is 0 Å². The number of aldehydes is 1. The van der Waals surface area contributed by atoms with Crippen molar-refractivity contribution in [2.45, 2.75) is 45.9 Å². The van der Waals surface area contributed by atoms with Crippen molar-refractivity contribution in [3.05, 3.63) is 30.3 Å². The zero-order chi connectivity index (χ0) is 15.4. The highest BCUT2D eigenvalue weighted by molar-refractivity contribution is 8.13. The largest absolute Gasteiger partial charge is 0.335 e. The number of rotatable bonds is 4. The Morgan fingerprint density at radius 1 is 1.24 bits per heavy atom. The van der Waals surface area contributed by atoms with E-state index in [-0.39, 0.29) is 18.2 Å². The molecule has 21 heavy (non-hydrogen) atoms. The maximum Gasteiger partial charge on any atom is 0.163 e. The maximum atomic E-state index is 11.7. The number of thioether (sulfide) groups is 1. The highest BCUT2D eigenvalue weighted by atomic mass is 32.2. The molecule has 1 aliphatic heterocycles. The predicted molar refractivity (Wildman–Crippen MR) is 90.8 cm³/mol. The fraction of sp³-hybridized carbons (Fsp3) is 0.500. The molecule has 114 valence electrons. The van der Waals surface area contributed by atoms with Crippen molar-refractivity contribution in [1.82, 2.24) is 4.90 Å². The van der Waals surface area contributed by atoms with Crippen LogP contribution in [0.3, 0.4) is 0 Å². The number of aliphatic imine (C=N–C) groups is 1. The molecule has 0 bridgehead atoms. The van der Waals surface area contributed by atoms with Crippen molar-refractivity contribution >= 4 is 28.9 Å². The summed E-state index contributed by atoms with van der Waals surface area (Å²) in [5.74, 6) is 0.738. The highest BCUT2D eigenvalue weighted by Crippen LogP contribution is 2.30. The molecule has 1 saturated heterocycles. The van der Waals surface area contributed by atoms with Gasteiger partial charge in [0.2, 0.25) is 0 Å². The Kier molecular flexibility index (Phi) is 5.28. The molecule has 1 heterocycles. The van der Waals surface area contributed by atoms with Gasteiger partial charge in [0, 0.05) is 17.8 Å². The number of benzene rings is 1. The summed E-state index contributed by atoms with van der Waals surface area (Å²) < 4.78 is 0. The first-order valence-electron chi connectivity index (χ1n) is 7.30. The molecule has 1 atom stereocenters. The Labute approximate surface area is 131 Å². The third-order valence-electron chi connectivity index (χ3n) is 3.29. The molecule has 0 radical (unpaired) electrons. The lowest BCUT2D eigenvalue weighted by Gasteiger charge is -2.45. The number of hydrogen-bond acceptors (Lipinski definition) is 4. The zero-order valence-electron chi connectivity index (χ0n) is 13.1. The van der Waals surface area contributed by atoms with Crippen LogP contribution in [-0.4, -0.2) is 40.5 Å². The highest BCUT2D eigenvalue weighted by Gasteiger charge is 2.34. The average Bonchev–Trinajstić information content (AvgIpc) is 2.46. The van der Waals surface area contributed by atoms with Gasteiger partial charge in [-0.2, -0.15) is 0 Å². The summed E-state index contributed by atoms with van der Waals surface area (Å²) in [4.78, 5) is 20.7. The topological polar surface area (TPSA) is 35.9 Å². The van der Waals surface area contributed by atoms with Gasteiger partial charge in [0.15, 0.2) is 17.6 Å². The lowest BCUT2D eigenvalue weighted by atomic mass is 10.2. The van der Waals surface area contributed by atoms with Crippen LogP contribution in [0.1, 0.15) is 27.7 Å². The van der Waals surface area contributed by atoms with E-state index >= 15 is 0 Å². The van der Waals surface area contributed by atoms with Gasteiger partial charge in [0.05, 0.1) is 5.88 Å². The zero-order valence-corrected chi connectivity index (χ0v) is 13.9. The third kappa shape index (κ3) is 3.59. The van der Waals surface area contributed by atoms with Crippen LogP contribution in [-0.2, 0) is 4.79 Å². The van der Waals surface area contributed by atoms with Crippen molar-refractivity contribution < 1.29 is 4.79 Å². The second kappa shape index (κ2) is 6.98. The lowest BCUT2D eigenvalue weighted by Crippen LogP contribution is -2.58. The lowest BCUT2D eigenvalue weighted by molar-refractivity contribution is -0.111. The van der Waals surface area contributed by atoms with Gasteiger partial charge >= 0.3 is 0 Å². The van der Waals surface area contributed by atoms with Crippen LogP contribution in [0.4, 0.5) is 5.69 Å². The van der Waals surface area contributed by atoms with Crippen molar-refractivity contribution in [1.29, 1.82) is 0 Å². The molecule has 4 nitrogen and oxygen atoms in total. The van der Waals surface area contributed by atoms with Gasteiger partial charge in [0.25, 0.3) is 0 Å². The molecular formula is C16H23N3OS. The molecule has 0 saturated carbocycles. The molecular weight excluding hydrogens is 282 g/mol. The van der Waals surface area contributed by atoms with E-state index in [1.165, 1.54) is 0 Å². The van der Waals surface area contributed by atoms with Crippen LogP contribution >= 0.6 is 11.8 Å². The molecule has 0 amide bonds. The molecule has 0 spiro atoms. The minimum atomic E-state index is -0.300. The van der Waals surface area contributed by atoms with E-state index in [0.717, 1.165) is 23.0 Å². The van der Waals surface area contributed by atoms with E-state index in [4.69, 9.17) is 0 Å². The van der Waals surface area contributed by atoms with Crippen molar-refractivity contribution in [2.24, 2.45) is 4.99 Å². The van der Waals surface area contributed by atoms with E-state index in [1.54, 1.807) is 11.8 Å². The minimum Gasteiger partial charge on any atom is -0.335 e. The summed E-state index contributed by atoms with van der Waals surface area (Å²) in [6, 6.07) is 10.5. The Balaban J connectivity index is 2.35. The molecule has 1 aromatic rings. The Hall–Kier alpha value is -1.49. The van der Waals surface area contributed by atoms with Crippen LogP contribution in [0.2, 0.25) is 0 Å². The first kappa shape index (κ1) is 15.9. The second-order valence-electron chi connectivity index (χ2n) is 5.63. The first-order chi connectivity index (χ1) is 10.0. The number of nitrogens with zero attached hydrogens (tertiary/aromatic N) is 3. The van der Waals surface area contributed by atoms with E-state index in [1.807, 2.05) is 30.3 Å². The van der Waals surface area contributed by atoms with Crippen LogP contribution in [0.25, 0.3) is 0 Å². The fourth-order valence-corrected chi connectivity index (χ4v) is 3.69. The summed E-state index contributed by atoms with van der Waals surface area (Å²) in [5, 5.41) is 0.962. The molecule has 0 N–H and O–H groups in total. The smallest absolute Gasteiger partial charge is 0.163 e. The van der Waals surface area contributed by atoms with Gasteiger partial charge in [-0.05, 0) is 39.8 Å². The standard InChI is InChI=1S/C16H23N3OS/c1-12(2)17-16-19(13(3)4)15(10-20)18(11-21-16)14-8-6-5-7-9-14/h5-10,12-13,15H,11H2,1-4H3. The minimum absolute atomic E-state index is 0.219. The summed E-state index contributed by atoms with van der Waals surface area (Å²) in [6.45, 7) is 8.32. The maximum absolute atomic E-state index is 11.7. The molecule has 2 rings (SSSR count). The SMILES string of the molecule is CC(C)N=C1SCN(c2ccccc2)C(C=O)N1C(C)C. The van der Waals surface area contributed by atoms with Crippen LogP contribution in [0, 0.1) is 0 Å².